The number of carbonyl (C=O) groups is 1. The molecule has 1 aliphatic heterocycles. The maximum absolute atomic E-state index is 10.8. The summed E-state index contributed by atoms with van der Waals surface area (Å²) in [6.45, 7) is 0.197. The molecule has 6 heteroatoms. The Morgan fingerprint density at radius 2 is 2.07 bits per heavy atom. The molecule has 0 saturated heterocycles. The fourth-order valence-corrected chi connectivity index (χ4v) is 1.36. The molecule has 0 aromatic heterocycles. The Balaban J connectivity index is 0.00000112. The van der Waals surface area contributed by atoms with E-state index in [4.69, 9.17) is 26.8 Å². The van der Waals surface area contributed by atoms with Crippen molar-refractivity contribution in [3.8, 4) is 11.5 Å². The number of carbonyl (C=O) groups excluding carboxylic acids is 1. The van der Waals surface area contributed by atoms with Gasteiger partial charge in [0.15, 0.2) is 11.5 Å². The third-order valence-electron chi connectivity index (χ3n) is 2.00. The van der Waals surface area contributed by atoms with Crippen molar-refractivity contribution in [1.82, 2.24) is 0 Å². The summed E-state index contributed by atoms with van der Waals surface area (Å²) in [7, 11) is 0. The normalized spacial score (nSPS) is 14.3. The lowest BCUT2D eigenvalue weighted by Crippen LogP contribution is -2.16. The van der Waals surface area contributed by atoms with Gasteiger partial charge in [-0.1, -0.05) is 6.07 Å². The van der Waals surface area contributed by atoms with Gasteiger partial charge < -0.3 is 15.2 Å². The molecular weight excluding hydrogens is 241 g/mol. The largest absolute Gasteiger partial charge is 0.454 e. The lowest BCUT2D eigenvalue weighted by atomic mass is 10.1. The van der Waals surface area contributed by atoms with Gasteiger partial charge >= 0.3 is 0 Å². The van der Waals surface area contributed by atoms with Gasteiger partial charge in [-0.15, -0.1) is 12.4 Å². The van der Waals surface area contributed by atoms with Crippen LogP contribution in [-0.4, -0.2) is 12.0 Å². The minimum Gasteiger partial charge on any atom is -0.454 e. The van der Waals surface area contributed by atoms with Crippen molar-refractivity contribution in [3.05, 3.63) is 23.8 Å². The smallest absolute Gasteiger partial charge is 0.242 e. The first kappa shape index (κ1) is 12.1. The van der Waals surface area contributed by atoms with Crippen molar-refractivity contribution in [3.63, 3.8) is 0 Å². The highest BCUT2D eigenvalue weighted by atomic mass is 35.5. The maximum atomic E-state index is 10.8. The summed E-state index contributed by atoms with van der Waals surface area (Å²) in [6, 6.07) is 4.24. The van der Waals surface area contributed by atoms with Crippen LogP contribution in [0.2, 0.25) is 0 Å². The summed E-state index contributed by atoms with van der Waals surface area (Å²) in [4.78, 5) is 10.8. The van der Waals surface area contributed by atoms with E-state index in [9.17, 15) is 4.79 Å². The maximum Gasteiger partial charge on any atom is 0.242 e. The fraction of sp³-hybridized carbons (Fsp3) is 0.222. The molecule has 1 atom stereocenters. The van der Waals surface area contributed by atoms with Crippen LogP contribution in [0.1, 0.15) is 11.6 Å². The molecule has 2 N–H and O–H groups in total. The van der Waals surface area contributed by atoms with Crippen LogP contribution >= 0.6 is 24.0 Å². The van der Waals surface area contributed by atoms with Gasteiger partial charge in [-0.25, -0.2) is 0 Å². The molecule has 1 aromatic carbocycles. The lowest BCUT2D eigenvalue weighted by molar-refractivity contribution is -0.112. The molecular formula is C9H9Cl2NO3. The Morgan fingerprint density at radius 1 is 1.40 bits per heavy atom. The van der Waals surface area contributed by atoms with Crippen LogP contribution in [0.4, 0.5) is 0 Å². The zero-order valence-corrected chi connectivity index (χ0v) is 9.18. The number of hydrogen-bond acceptors (Lipinski definition) is 4. The summed E-state index contributed by atoms with van der Waals surface area (Å²) in [6.07, 6.45) is 0. The average molecular weight is 250 g/mol. The van der Waals surface area contributed by atoms with Crippen LogP contribution in [0.3, 0.4) is 0 Å². The van der Waals surface area contributed by atoms with Crippen molar-refractivity contribution in [2.24, 2.45) is 5.73 Å². The van der Waals surface area contributed by atoms with Gasteiger partial charge in [-0.05, 0) is 29.3 Å². The van der Waals surface area contributed by atoms with E-state index in [0.717, 1.165) is 0 Å². The second kappa shape index (κ2) is 4.70. The van der Waals surface area contributed by atoms with Gasteiger partial charge in [0.25, 0.3) is 0 Å². The van der Waals surface area contributed by atoms with Crippen molar-refractivity contribution in [2.75, 3.05) is 6.79 Å². The second-order valence-electron chi connectivity index (χ2n) is 2.89. The van der Waals surface area contributed by atoms with E-state index < -0.39 is 11.3 Å². The van der Waals surface area contributed by atoms with Crippen LogP contribution in [0.15, 0.2) is 18.2 Å². The van der Waals surface area contributed by atoms with Crippen LogP contribution in [-0.2, 0) is 4.79 Å². The second-order valence-corrected chi connectivity index (χ2v) is 3.27. The van der Waals surface area contributed by atoms with E-state index in [1.807, 2.05) is 0 Å². The predicted octanol–water partition coefficient (Wildman–Crippen LogP) is 1.60. The van der Waals surface area contributed by atoms with Crippen LogP contribution < -0.4 is 15.2 Å². The Hall–Kier alpha value is -0.970. The monoisotopic (exact) mass is 249 g/mol. The molecule has 1 aromatic rings. The van der Waals surface area contributed by atoms with Gasteiger partial charge in [0, 0.05) is 0 Å². The number of nitrogens with two attached hydrogens (primary N) is 1. The minimum atomic E-state index is -0.814. The highest BCUT2D eigenvalue weighted by molar-refractivity contribution is 6.64. The van der Waals surface area contributed by atoms with Gasteiger partial charge in [0.1, 0.15) is 6.04 Å². The number of hydrogen-bond donors (Lipinski definition) is 1. The highest BCUT2D eigenvalue weighted by Crippen LogP contribution is 2.34. The molecule has 4 nitrogen and oxygen atoms in total. The van der Waals surface area contributed by atoms with Crippen LogP contribution in [0.5, 0.6) is 11.5 Å². The molecule has 2 rings (SSSR count). The van der Waals surface area contributed by atoms with Gasteiger partial charge in [-0.3, -0.25) is 4.79 Å². The zero-order chi connectivity index (χ0) is 10.1. The SMILES string of the molecule is Cl.NC(C(=O)Cl)c1ccc2c(c1)OCO2. The third-order valence-corrected chi connectivity index (χ3v) is 2.24. The Labute approximate surface area is 97.7 Å². The summed E-state index contributed by atoms with van der Waals surface area (Å²) in [5.41, 5.74) is 6.17. The Bertz CT molecular complexity index is 384. The highest BCUT2D eigenvalue weighted by Gasteiger charge is 2.18. The summed E-state index contributed by atoms with van der Waals surface area (Å²) >= 11 is 5.28. The summed E-state index contributed by atoms with van der Waals surface area (Å²) in [5, 5.41) is -0.594. The van der Waals surface area contributed by atoms with E-state index in [1.54, 1.807) is 18.2 Å². The van der Waals surface area contributed by atoms with Crippen LogP contribution in [0, 0.1) is 0 Å². The minimum absolute atomic E-state index is 0. The van der Waals surface area contributed by atoms with E-state index in [0.29, 0.717) is 17.1 Å². The molecule has 0 aliphatic carbocycles. The molecule has 0 amide bonds. The first-order valence-corrected chi connectivity index (χ1v) is 4.41. The molecule has 1 heterocycles. The van der Waals surface area contributed by atoms with Crippen molar-refractivity contribution in [1.29, 1.82) is 0 Å². The van der Waals surface area contributed by atoms with Crippen molar-refractivity contribution >= 4 is 29.3 Å². The van der Waals surface area contributed by atoms with E-state index in [-0.39, 0.29) is 19.2 Å². The quantitative estimate of drug-likeness (QED) is 0.810. The van der Waals surface area contributed by atoms with Crippen molar-refractivity contribution < 1.29 is 14.3 Å². The van der Waals surface area contributed by atoms with Crippen LogP contribution in [0.25, 0.3) is 0 Å². The van der Waals surface area contributed by atoms with Gasteiger partial charge in [0.05, 0.1) is 0 Å². The number of fused-ring (bicyclic) bond motifs is 1. The molecule has 0 fully saturated rings. The first-order valence-electron chi connectivity index (χ1n) is 4.03. The molecule has 82 valence electrons. The first-order chi connectivity index (χ1) is 6.68. The van der Waals surface area contributed by atoms with Gasteiger partial charge in [0.2, 0.25) is 12.0 Å². The molecule has 1 unspecified atom stereocenters. The standard InChI is InChI=1S/C9H8ClNO3.ClH/c10-9(12)8(11)5-1-2-6-7(3-5)14-4-13-6;/h1-3,8H,4,11H2;1H. The van der Waals surface area contributed by atoms with E-state index in [1.165, 1.54) is 0 Å². The summed E-state index contributed by atoms with van der Waals surface area (Å²) in [5.74, 6) is 1.25. The number of rotatable bonds is 2. The molecule has 15 heavy (non-hydrogen) atoms. The predicted molar refractivity (Wildman–Crippen MR) is 57.6 cm³/mol. The number of benzene rings is 1. The third kappa shape index (κ3) is 2.34. The Kier molecular flexibility index (Phi) is 3.79. The molecule has 0 radical (unpaired) electrons. The topological polar surface area (TPSA) is 61.6 Å². The fourth-order valence-electron chi connectivity index (χ4n) is 1.24. The number of ether oxygens (including phenoxy) is 2. The zero-order valence-electron chi connectivity index (χ0n) is 7.60. The van der Waals surface area contributed by atoms with Gasteiger partial charge in [-0.2, -0.15) is 0 Å². The molecule has 1 aliphatic rings. The summed E-state index contributed by atoms with van der Waals surface area (Å²) < 4.78 is 10.2. The van der Waals surface area contributed by atoms with E-state index in [2.05, 4.69) is 0 Å². The van der Waals surface area contributed by atoms with E-state index >= 15 is 0 Å². The molecule has 0 bridgehead atoms. The molecule has 0 saturated carbocycles. The lowest BCUT2D eigenvalue weighted by Gasteiger charge is -2.06. The number of halogens is 2. The van der Waals surface area contributed by atoms with Crippen molar-refractivity contribution in [2.45, 2.75) is 6.04 Å². The average Bonchev–Trinajstić information content (AvgIpc) is 2.62. The Morgan fingerprint density at radius 3 is 2.73 bits per heavy atom. The molecule has 0 spiro atoms.